The molecule has 1 aliphatic rings. The normalized spacial score (nSPS) is 14.7. The summed E-state index contributed by atoms with van der Waals surface area (Å²) >= 11 is 0. The molecule has 0 spiro atoms. The van der Waals surface area contributed by atoms with Gasteiger partial charge in [0.2, 0.25) is 5.91 Å². The zero-order chi connectivity index (χ0) is 12.8. The van der Waals surface area contributed by atoms with Crippen molar-refractivity contribution in [1.82, 2.24) is 20.2 Å². The van der Waals surface area contributed by atoms with Crippen LogP contribution < -0.4 is 10.6 Å². The van der Waals surface area contributed by atoms with Crippen LogP contribution in [0.25, 0.3) is 0 Å². The molecule has 2 rings (SSSR count). The lowest BCUT2D eigenvalue weighted by molar-refractivity contribution is -0.121. The Morgan fingerprint density at radius 1 is 1.61 bits per heavy atom. The fourth-order valence-electron chi connectivity index (χ4n) is 1.63. The minimum Gasteiger partial charge on any atom is -0.383 e. The van der Waals surface area contributed by atoms with Crippen LogP contribution in [0, 0.1) is 0 Å². The monoisotopic (exact) mass is 252 g/mol. The van der Waals surface area contributed by atoms with Gasteiger partial charge in [0, 0.05) is 32.4 Å². The largest absolute Gasteiger partial charge is 0.383 e. The third-order valence-electron chi connectivity index (χ3n) is 2.79. The van der Waals surface area contributed by atoms with E-state index < -0.39 is 0 Å². The molecular formula is C12H20N4O2. The molecule has 2 N–H and O–H groups in total. The Kier molecular flexibility index (Phi) is 4.72. The molecule has 6 nitrogen and oxygen atoms in total. The Hall–Kier alpha value is -1.40. The Bertz CT molecular complexity index is 387. The van der Waals surface area contributed by atoms with Gasteiger partial charge in [0.05, 0.1) is 18.6 Å². The second kappa shape index (κ2) is 6.51. The fourth-order valence-corrected chi connectivity index (χ4v) is 1.63. The maximum atomic E-state index is 11.5. The van der Waals surface area contributed by atoms with Crippen molar-refractivity contribution in [1.29, 1.82) is 0 Å². The van der Waals surface area contributed by atoms with Gasteiger partial charge in [0.25, 0.3) is 0 Å². The molecule has 18 heavy (non-hydrogen) atoms. The fraction of sp³-hybridized carbons (Fsp3) is 0.667. The molecule has 1 aromatic rings. The van der Waals surface area contributed by atoms with Crippen LogP contribution in [-0.4, -0.2) is 41.8 Å². The minimum absolute atomic E-state index is 0.0221. The summed E-state index contributed by atoms with van der Waals surface area (Å²) in [5.41, 5.74) is 0.978. The number of nitrogens with zero attached hydrogens (tertiary/aromatic N) is 2. The lowest BCUT2D eigenvalue weighted by Gasteiger charge is -2.04. The summed E-state index contributed by atoms with van der Waals surface area (Å²) in [7, 11) is 1.61. The number of hydrogen-bond acceptors (Lipinski definition) is 4. The number of hydrogen-bond donors (Lipinski definition) is 2. The molecule has 1 aromatic heterocycles. The van der Waals surface area contributed by atoms with E-state index in [4.69, 9.17) is 4.74 Å². The Balaban J connectivity index is 1.69. The number of carbonyl (C=O) groups excluding carboxylic acids is 1. The average molecular weight is 252 g/mol. The third-order valence-corrected chi connectivity index (χ3v) is 2.79. The molecule has 100 valence electrons. The third kappa shape index (κ3) is 4.46. The molecule has 0 aromatic carbocycles. The SMILES string of the molecule is COCCNC(=O)Cn1cnc(CNC2CC2)c1. The van der Waals surface area contributed by atoms with Crippen molar-refractivity contribution in [2.45, 2.75) is 32.0 Å². The topological polar surface area (TPSA) is 68.2 Å². The van der Waals surface area contributed by atoms with Gasteiger partial charge >= 0.3 is 0 Å². The molecule has 1 amide bonds. The average Bonchev–Trinajstić information content (AvgIpc) is 3.08. The van der Waals surface area contributed by atoms with Gasteiger partial charge in [-0.1, -0.05) is 0 Å². The van der Waals surface area contributed by atoms with E-state index in [0.717, 1.165) is 12.2 Å². The summed E-state index contributed by atoms with van der Waals surface area (Å²) in [5, 5.41) is 6.16. The van der Waals surface area contributed by atoms with Crippen LogP contribution in [0.1, 0.15) is 18.5 Å². The number of methoxy groups -OCH3 is 1. The van der Waals surface area contributed by atoms with Gasteiger partial charge in [-0.25, -0.2) is 4.98 Å². The van der Waals surface area contributed by atoms with Crippen molar-refractivity contribution < 1.29 is 9.53 Å². The summed E-state index contributed by atoms with van der Waals surface area (Å²) in [4.78, 5) is 15.8. The van der Waals surface area contributed by atoms with Crippen LogP contribution in [0.3, 0.4) is 0 Å². The van der Waals surface area contributed by atoms with Crippen molar-refractivity contribution in [3.8, 4) is 0 Å². The van der Waals surface area contributed by atoms with Crippen LogP contribution in [0.5, 0.6) is 0 Å². The van der Waals surface area contributed by atoms with Gasteiger partial charge in [-0.15, -0.1) is 0 Å². The van der Waals surface area contributed by atoms with E-state index in [2.05, 4.69) is 15.6 Å². The minimum atomic E-state index is -0.0221. The molecule has 0 radical (unpaired) electrons. The summed E-state index contributed by atoms with van der Waals surface area (Å²) in [6.45, 7) is 2.16. The second-order valence-electron chi connectivity index (χ2n) is 4.54. The highest BCUT2D eigenvalue weighted by Gasteiger charge is 2.20. The molecule has 0 atom stereocenters. The van der Waals surface area contributed by atoms with Gasteiger partial charge in [-0.3, -0.25) is 4.79 Å². The molecule has 0 saturated heterocycles. The summed E-state index contributed by atoms with van der Waals surface area (Å²) in [6, 6.07) is 0.674. The van der Waals surface area contributed by atoms with E-state index in [0.29, 0.717) is 25.7 Å². The van der Waals surface area contributed by atoms with Crippen LogP contribution in [0.4, 0.5) is 0 Å². The molecule has 1 aliphatic carbocycles. The molecule has 1 fully saturated rings. The molecule has 1 heterocycles. The number of imidazole rings is 1. The Labute approximate surface area is 107 Å². The van der Waals surface area contributed by atoms with Gasteiger partial charge in [0.15, 0.2) is 0 Å². The van der Waals surface area contributed by atoms with Gasteiger partial charge < -0.3 is 19.9 Å². The quantitative estimate of drug-likeness (QED) is 0.634. The lowest BCUT2D eigenvalue weighted by Crippen LogP contribution is -2.30. The standard InChI is InChI=1S/C12H20N4O2/c1-18-5-4-13-12(17)8-16-7-11(15-9-16)6-14-10-2-3-10/h7,9-10,14H,2-6,8H2,1H3,(H,13,17). The van der Waals surface area contributed by atoms with Gasteiger partial charge in [-0.05, 0) is 12.8 Å². The smallest absolute Gasteiger partial charge is 0.240 e. The predicted molar refractivity (Wildman–Crippen MR) is 67.0 cm³/mol. The highest BCUT2D eigenvalue weighted by Crippen LogP contribution is 2.18. The first kappa shape index (κ1) is 13.0. The highest BCUT2D eigenvalue weighted by atomic mass is 16.5. The number of ether oxygens (including phenoxy) is 1. The first-order chi connectivity index (χ1) is 8.78. The zero-order valence-electron chi connectivity index (χ0n) is 10.7. The van der Waals surface area contributed by atoms with E-state index in [1.807, 2.05) is 6.20 Å². The van der Waals surface area contributed by atoms with Crippen molar-refractivity contribution in [2.24, 2.45) is 0 Å². The van der Waals surface area contributed by atoms with E-state index in [1.165, 1.54) is 12.8 Å². The zero-order valence-corrected chi connectivity index (χ0v) is 10.7. The molecular weight excluding hydrogens is 232 g/mol. The molecule has 1 saturated carbocycles. The van der Waals surface area contributed by atoms with Crippen molar-refractivity contribution >= 4 is 5.91 Å². The van der Waals surface area contributed by atoms with Crippen molar-refractivity contribution in [2.75, 3.05) is 20.3 Å². The van der Waals surface area contributed by atoms with Gasteiger partial charge in [-0.2, -0.15) is 0 Å². The number of aromatic nitrogens is 2. The summed E-state index contributed by atoms with van der Waals surface area (Å²) in [6.07, 6.45) is 6.14. The van der Waals surface area contributed by atoms with E-state index in [9.17, 15) is 4.79 Å². The lowest BCUT2D eigenvalue weighted by atomic mass is 10.4. The Morgan fingerprint density at radius 3 is 3.17 bits per heavy atom. The molecule has 0 bridgehead atoms. The second-order valence-corrected chi connectivity index (χ2v) is 4.54. The van der Waals surface area contributed by atoms with Crippen LogP contribution >= 0.6 is 0 Å². The predicted octanol–water partition coefficient (Wildman–Crippen LogP) is -0.102. The van der Waals surface area contributed by atoms with E-state index in [1.54, 1.807) is 18.0 Å². The number of amides is 1. The molecule has 6 heteroatoms. The van der Waals surface area contributed by atoms with Gasteiger partial charge in [0.1, 0.15) is 6.54 Å². The summed E-state index contributed by atoms with van der Waals surface area (Å²) in [5.74, 6) is -0.0221. The van der Waals surface area contributed by atoms with Crippen LogP contribution in [0.2, 0.25) is 0 Å². The van der Waals surface area contributed by atoms with Crippen LogP contribution in [0.15, 0.2) is 12.5 Å². The molecule has 0 unspecified atom stereocenters. The number of nitrogens with one attached hydrogen (secondary N) is 2. The van der Waals surface area contributed by atoms with Crippen molar-refractivity contribution in [3.63, 3.8) is 0 Å². The Morgan fingerprint density at radius 2 is 2.44 bits per heavy atom. The first-order valence-corrected chi connectivity index (χ1v) is 6.27. The number of rotatable bonds is 8. The maximum absolute atomic E-state index is 11.5. The first-order valence-electron chi connectivity index (χ1n) is 6.27. The van der Waals surface area contributed by atoms with Crippen molar-refractivity contribution in [3.05, 3.63) is 18.2 Å². The molecule has 0 aliphatic heterocycles. The number of carbonyl (C=O) groups is 1. The van der Waals surface area contributed by atoms with E-state index >= 15 is 0 Å². The van der Waals surface area contributed by atoms with E-state index in [-0.39, 0.29) is 5.91 Å². The summed E-state index contributed by atoms with van der Waals surface area (Å²) < 4.78 is 6.66. The van der Waals surface area contributed by atoms with Crippen LogP contribution in [-0.2, 0) is 22.6 Å². The highest BCUT2D eigenvalue weighted by molar-refractivity contribution is 5.75. The maximum Gasteiger partial charge on any atom is 0.240 e.